The summed E-state index contributed by atoms with van der Waals surface area (Å²) in [6.45, 7) is 3.68. The Morgan fingerprint density at radius 3 is 2.61 bits per heavy atom. The van der Waals surface area contributed by atoms with Gasteiger partial charge in [-0.1, -0.05) is 18.2 Å². The molecule has 23 heavy (non-hydrogen) atoms. The van der Waals surface area contributed by atoms with Gasteiger partial charge in [-0.05, 0) is 25.5 Å². The number of hydrogen-bond donors (Lipinski definition) is 3. The topological polar surface area (TPSA) is 110 Å². The second-order valence-electron chi connectivity index (χ2n) is 5.10. The van der Waals surface area contributed by atoms with E-state index in [2.05, 4.69) is 20.6 Å². The summed E-state index contributed by atoms with van der Waals surface area (Å²) in [5.41, 5.74) is 7.79. The summed E-state index contributed by atoms with van der Waals surface area (Å²) in [5.74, 6) is 0.313. The van der Waals surface area contributed by atoms with E-state index in [0.29, 0.717) is 22.8 Å². The first-order valence-corrected chi connectivity index (χ1v) is 7.16. The van der Waals surface area contributed by atoms with E-state index in [1.165, 1.54) is 0 Å². The molecule has 0 radical (unpaired) electrons. The molecule has 0 atom stereocenters. The number of nitrogens with one attached hydrogen (secondary N) is 2. The summed E-state index contributed by atoms with van der Waals surface area (Å²) < 4.78 is 0. The van der Waals surface area contributed by atoms with Gasteiger partial charge in [0.2, 0.25) is 5.91 Å². The molecule has 2 rings (SSSR count). The number of carbonyl (C=O) groups excluding carboxylic acids is 2. The van der Waals surface area contributed by atoms with E-state index < -0.39 is 0 Å². The van der Waals surface area contributed by atoms with Gasteiger partial charge in [-0.3, -0.25) is 9.59 Å². The fourth-order valence-corrected chi connectivity index (χ4v) is 1.99. The highest BCUT2D eigenvalue weighted by atomic mass is 16.2. The Balaban J connectivity index is 1.83. The van der Waals surface area contributed by atoms with Gasteiger partial charge in [0.1, 0.15) is 11.6 Å². The first kappa shape index (κ1) is 16.4. The van der Waals surface area contributed by atoms with Gasteiger partial charge in [0.05, 0.1) is 6.54 Å². The monoisotopic (exact) mass is 313 g/mol. The minimum atomic E-state index is -0.313. The summed E-state index contributed by atoms with van der Waals surface area (Å²) >= 11 is 0. The molecule has 0 bridgehead atoms. The van der Waals surface area contributed by atoms with E-state index in [1.54, 1.807) is 25.3 Å². The molecule has 7 heteroatoms. The van der Waals surface area contributed by atoms with Gasteiger partial charge in [-0.25, -0.2) is 9.97 Å². The molecule has 1 heterocycles. The van der Waals surface area contributed by atoms with Crippen LogP contribution in [0.5, 0.6) is 0 Å². The minimum absolute atomic E-state index is 0.111. The Labute approximate surface area is 134 Å². The number of nitrogen functional groups attached to an aromatic ring is 1. The van der Waals surface area contributed by atoms with Crippen molar-refractivity contribution in [1.29, 1.82) is 0 Å². The van der Waals surface area contributed by atoms with Crippen molar-refractivity contribution in [3.05, 3.63) is 53.0 Å². The predicted octanol–water partition coefficient (Wildman–Crippen LogP) is 0.722. The molecule has 0 spiro atoms. The van der Waals surface area contributed by atoms with Crippen LogP contribution in [0.3, 0.4) is 0 Å². The number of amides is 2. The molecule has 7 nitrogen and oxygen atoms in total. The Kier molecular flexibility index (Phi) is 5.24. The molecular weight excluding hydrogens is 294 g/mol. The lowest BCUT2D eigenvalue weighted by Crippen LogP contribution is -2.37. The summed E-state index contributed by atoms with van der Waals surface area (Å²) in [6, 6.07) is 7.19. The average Bonchev–Trinajstić information content (AvgIpc) is 2.52. The molecule has 0 saturated carbocycles. The van der Waals surface area contributed by atoms with E-state index >= 15 is 0 Å². The fraction of sp³-hybridized carbons (Fsp3) is 0.250. The smallest absolute Gasteiger partial charge is 0.251 e. The third kappa shape index (κ3) is 4.50. The highest BCUT2D eigenvalue weighted by Crippen LogP contribution is 2.07. The van der Waals surface area contributed by atoms with Gasteiger partial charge in [0.25, 0.3) is 5.91 Å². The zero-order chi connectivity index (χ0) is 16.8. The number of carbonyl (C=O) groups is 2. The van der Waals surface area contributed by atoms with Crippen LogP contribution >= 0.6 is 0 Å². The maximum Gasteiger partial charge on any atom is 0.251 e. The van der Waals surface area contributed by atoms with Crippen LogP contribution in [0.2, 0.25) is 0 Å². The summed E-state index contributed by atoms with van der Waals surface area (Å²) in [4.78, 5) is 31.9. The molecule has 1 aromatic carbocycles. The van der Waals surface area contributed by atoms with Crippen molar-refractivity contribution in [1.82, 2.24) is 20.6 Å². The number of rotatable bonds is 5. The Hall–Kier alpha value is -2.96. The van der Waals surface area contributed by atoms with E-state index in [-0.39, 0.29) is 24.9 Å². The maximum atomic E-state index is 12.0. The quantitative estimate of drug-likeness (QED) is 0.753. The molecule has 0 saturated heterocycles. The molecule has 4 N–H and O–H groups in total. The van der Waals surface area contributed by atoms with Gasteiger partial charge >= 0.3 is 0 Å². The predicted molar refractivity (Wildman–Crippen MR) is 86.5 cm³/mol. The second kappa shape index (κ2) is 7.35. The number of hydrogen-bond acceptors (Lipinski definition) is 5. The van der Waals surface area contributed by atoms with Crippen LogP contribution < -0.4 is 16.4 Å². The van der Waals surface area contributed by atoms with E-state index in [1.807, 2.05) is 19.1 Å². The largest absolute Gasteiger partial charge is 0.383 e. The lowest BCUT2D eigenvalue weighted by Gasteiger charge is -2.09. The van der Waals surface area contributed by atoms with Gasteiger partial charge in [-0.2, -0.15) is 0 Å². The molecular formula is C16H19N5O2. The highest BCUT2D eigenvalue weighted by Gasteiger charge is 2.10. The normalized spacial score (nSPS) is 10.2. The first-order valence-electron chi connectivity index (χ1n) is 7.16. The number of aromatic nitrogens is 2. The molecule has 1 aromatic heterocycles. The third-order valence-corrected chi connectivity index (χ3v) is 3.29. The van der Waals surface area contributed by atoms with Gasteiger partial charge in [0.15, 0.2) is 0 Å². The summed E-state index contributed by atoms with van der Waals surface area (Å²) in [6.07, 6.45) is 1.57. The van der Waals surface area contributed by atoms with E-state index in [4.69, 9.17) is 5.73 Å². The second-order valence-corrected chi connectivity index (χ2v) is 5.10. The van der Waals surface area contributed by atoms with Crippen molar-refractivity contribution in [2.24, 2.45) is 0 Å². The Morgan fingerprint density at radius 2 is 1.91 bits per heavy atom. The van der Waals surface area contributed by atoms with Crippen LogP contribution in [-0.2, 0) is 11.3 Å². The summed E-state index contributed by atoms with van der Waals surface area (Å²) in [7, 11) is 0. The molecule has 120 valence electrons. The van der Waals surface area contributed by atoms with Crippen LogP contribution in [0.4, 0.5) is 5.82 Å². The van der Waals surface area contributed by atoms with Crippen LogP contribution in [0.15, 0.2) is 30.5 Å². The van der Waals surface area contributed by atoms with Crippen molar-refractivity contribution >= 4 is 17.6 Å². The van der Waals surface area contributed by atoms with Gasteiger partial charge < -0.3 is 16.4 Å². The SMILES string of the molecule is Cc1ncc(CNC(=O)CNC(=O)c2ccccc2C)c(N)n1. The van der Waals surface area contributed by atoms with Gasteiger partial charge in [-0.15, -0.1) is 0 Å². The van der Waals surface area contributed by atoms with Crippen molar-refractivity contribution < 1.29 is 9.59 Å². The molecule has 0 aliphatic heterocycles. The zero-order valence-electron chi connectivity index (χ0n) is 13.1. The van der Waals surface area contributed by atoms with Crippen molar-refractivity contribution in [3.8, 4) is 0 Å². The number of nitrogens with two attached hydrogens (primary N) is 1. The highest BCUT2D eigenvalue weighted by molar-refractivity contribution is 5.97. The molecule has 2 aromatic rings. The number of nitrogens with zero attached hydrogens (tertiary/aromatic N) is 2. The summed E-state index contributed by atoms with van der Waals surface area (Å²) in [5, 5.41) is 5.25. The van der Waals surface area contributed by atoms with Crippen molar-refractivity contribution in [3.63, 3.8) is 0 Å². The van der Waals surface area contributed by atoms with Crippen LogP contribution in [0.25, 0.3) is 0 Å². The van der Waals surface area contributed by atoms with Crippen LogP contribution in [-0.4, -0.2) is 28.3 Å². The Morgan fingerprint density at radius 1 is 1.17 bits per heavy atom. The standard InChI is InChI=1S/C16H19N5O2/c1-10-5-3-4-6-13(10)16(23)20-9-14(22)19-8-12-7-18-11(2)21-15(12)17/h3-7H,8-9H2,1-2H3,(H,19,22)(H,20,23)(H2,17,18,21). The van der Waals surface area contributed by atoms with Crippen molar-refractivity contribution in [2.75, 3.05) is 12.3 Å². The van der Waals surface area contributed by atoms with Gasteiger partial charge in [0, 0.05) is 23.9 Å². The van der Waals surface area contributed by atoms with Crippen molar-refractivity contribution in [2.45, 2.75) is 20.4 Å². The molecule has 0 aliphatic carbocycles. The van der Waals surface area contributed by atoms with Crippen LogP contribution in [0.1, 0.15) is 27.3 Å². The molecule has 2 amide bonds. The Bertz CT molecular complexity index is 730. The van der Waals surface area contributed by atoms with E-state index in [0.717, 1.165) is 5.56 Å². The third-order valence-electron chi connectivity index (χ3n) is 3.29. The number of benzene rings is 1. The fourth-order valence-electron chi connectivity index (χ4n) is 1.99. The minimum Gasteiger partial charge on any atom is -0.383 e. The first-order chi connectivity index (χ1) is 11.0. The van der Waals surface area contributed by atoms with Crippen LogP contribution in [0, 0.1) is 13.8 Å². The average molecular weight is 313 g/mol. The molecule has 0 fully saturated rings. The molecule has 0 unspecified atom stereocenters. The van der Waals surface area contributed by atoms with E-state index in [9.17, 15) is 9.59 Å². The number of aryl methyl sites for hydroxylation is 2. The molecule has 0 aliphatic rings. The lowest BCUT2D eigenvalue weighted by molar-refractivity contribution is -0.120. The lowest BCUT2D eigenvalue weighted by atomic mass is 10.1. The number of anilines is 1. The maximum absolute atomic E-state index is 12.0. The zero-order valence-corrected chi connectivity index (χ0v) is 13.1.